The van der Waals surface area contributed by atoms with E-state index < -0.39 is 0 Å². The molecule has 2 bridgehead atoms. The zero-order valence-electron chi connectivity index (χ0n) is 13.7. The Morgan fingerprint density at radius 3 is 2.38 bits per heavy atom. The Bertz CT molecular complexity index is 364. The molecule has 3 aliphatic rings. The van der Waals surface area contributed by atoms with Crippen molar-refractivity contribution in [1.82, 2.24) is 10.6 Å². The molecule has 3 heteroatoms. The van der Waals surface area contributed by atoms with Crippen LogP contribution >= 0.6 is 0 Å². The van der Waals surface area contributed by atoms with Crippen LogP contribution in [0.25, 0.3) is 0 Å². The number of fused-ring (bicyclic) bond motifs is 2. The first-order chi connectivity index (χ1) is 10.1. The Labute approximate surface area is 129 Å². The Balaban J connectivity index is 1.44. The largest absolute Gasteiger partial charge is 0.352 e. The SMILES string of the molecule is CC(NC(C)C1CC2CCC1C2)C(=O)NC1CCCCC1. The minimum absolute atomic E-state index is 0.0546. The number of carbonyl (C=O) groups excluding carboxylic acids is 1. The van der Waals surface area contributed by atoms with Crippen molar-refractivity contribution in [1.29, 1.82) is 0 Å². The quantitative estimate of drug-likeness (QED) is 0.817. The third-order valence-electron chi connectivity index (χ3n) is 6.29. The molecule has 2 N–H and O–H groups in total. The topological polar surface area (TPSA) is 41.1 Å². The van der Waals surface area contributed by atoms with Crippen molar-refractivity contribution in [3.63, 3.8) is 0 Å². The molecule has 0 aromatic rings. The highest BCUT2D eigenvalue weighted by Crippen LogP contribution is 2.49. The molecule has 5 unspecified atom stereocenters. The second-order valence-electron chi connectivity index (χ2n) is 7.86. The summed E-state index contributed by atoms with van der Waals surface area (Å²) in [5.74, 6) is 2.91. The molecule has 120 valence electrons. The number of hydrogen-bond donors (Lipinski definition) is 2. The van der Waals surface area contributed by atoms with Crippen LogP contribution in [0.1, 0.15) is 71.6 Å². The van der Waals surface area contributed by atoms with E-state index in [0.29, 0.717) is 12.1 Å². The van der Waals surface area contributed by atoms with Crippen LogP contribution in [0, 0.1) is 17.8 Å². The van der Waals surface area contributed by atoms with E-state index in [1.165, 1.54) is 57.8 Å². The van der Waals surface area contributed by atoms with Crippen molar-refractivity contribution in [3.05, 3.63) is 0 Å². The van der Waals surface area contributed by atoms with Crippen LogP contribution in [0.5, 0.6) is 0 Å². The molecule has 0 aromatic carbocycles. The summed E-state index contributed by atoms with van der Waals surface area (Å²) in [5.41, 5.74) is 0. The zero-order valence-corrected chi connectivity index (χ0v) is 13.7. The predicted molar refractivity (Wildman–Crippen MR) is 86.0 cm³/mol. The van der Waals surface area contributed by atoms with Crippen molar-refractivity contribution in [3.8, 4) is 0 Å². The van der Waals surface area contributed by atoms with E-state index in [0.717, 1.165) is 17.8 Å². The van der Waals surface area contributed by atoms with E-state index in [2.05, 4.69) is 17.6 Å². The molecule has 3 fully saturated rings. The molecule has 3 nitrogen and oxygen atoms in total. The van der Waals surface area contributed by atoms with Crippen LogP contribution < -0.4 is 10.6 Å². The fourth-order valence-electron chi connectivity index (χ4n) is 5.07. The molecule has 5 atom stereocenters. The van der Waals surface area contributed by atoms with E-state index in [-0.39, 0.29) is 11.9 Å². The van der Waals surface area contributed by atoms with Gasteiger partial charge < -0.3 is 10.6 Å². The van der Waals surface area contributed by atoms with Crippen LogP contribution in [0.3, 0.4) is 0 Å². The van der Waals surface area contributed by atoms with Gasteiger partial charge in [0.05, 0.1) is 6.04 Å². The summed E-state index contributed by atoms with van der Waals surface area (Å²) < 4.78 is 0. The minimum atomic E-state index is -0.0546. The summed E-state index contributed by atoms with van der Waals surface area (Å²) in [6.45, 7) is 4.32. The Morgan fingerprint density at radius 1 is 1.00 bits per heavy atom. The number of hydrogen-bond acceptors (Lipinski definition) is 2. The lowest BCUT2D eigenvalue weighted by Gasteiger charge is -2.31. The maximum absolute atomic E-state index is 12.3. The average Bonchev–Trinajstić information content (AvgIpc) is 3.11. The van der Waals surface area contributed by atoms with Crippen LogP contribution in [0.15, 0.2) is 0 Å². The van der Waals surface area contributed by atoms with Gasteiger partial charge in [0, 0.05) is 12.1 Å². The fourth-order valence-corrected chi connectivity index (χ4v) is 5.07. The van der Waals surface area contributed by atoms with Gasteiger partial charge in [-0.05, 0) is 63.7 Å². The standard InChI is InChI=1S/C18H32N2O/c1-12(17-11-14-8-9-15(17)10-14)19-13(2)18(21)20-16-6-4-3-5-7-16/h12-17,19H,3-11H2,1-2H3,(H,20,21). The van der Waals surface area contributed by atoms with Crippen molar-refractivity contribution in [2.45, 2.75) is 89.8 Å². The third-order valence-corrected chi connectivity index (χ3v) is 6.29. The van der Waals surface area contributed by atoms with Crippen LogP contribution in [-0.4, -0.2) is 24.0 Å². The highest BCUT2D eigenvalue weighted by Gasteiger charge is 2.42. The number of carbonyl (C=O) groups is 1. The van der Waals surface area contributed by atoms with Crippen LogP contribution in [0.2, 0.25) is 0 Å². The molecule has 21 heavy (non-hydrogen) atoms. The van der Waals surface area contributed by atoms with E-state index in [1.54, 1.807) is 0 Å². The Morgan fingerprint density at radius 2 is 1.76 bits per heavy atom. The number of rotatable bonds is 5. The summed E-state index contributed by atoms with van der Waals surface area (Å²) in [5, 5.41) is 6.83. The molecular weight excluding hydrogens is 260 g/mol. The van der Waals surface area contributed by atoms with Gasteiger partial charge in [0.2, 0.25) is 5.91 Å². The van der Waals surface area contributed by atoms with Crippen molar-refractivity contribution in [2.75, 3.05) is 0 Å². The molecule has 0 aliphatic heterocycles. The summed E-state index contributed by atoms with van der Waals surface area (Å²) in [4.78, 5) is 12.3. The maximum Gasteiger partial charge on any atom is 0.237 e. The molecule has 1 amide bonds. The second kappa shape index (κ2) is 6.68. The summed E-state index contributed by atoms with van der Waals surface area (Å²) in [7, 11) is 0. The van der Waals surface area contributed by atoms with Gasteiger partial charge in [0.15, 0.2) is 0 Å². The molecule has 0 heterocycles. The van der Waals surface area contributed by atoms with Gasteiger partial charge in [0.25, 0.3) is 0 Å². The van der Waals surface area contributed by atoms with E-state index in [1.807, 2.05) is 6.92 Å². The lowest BCUT2D eigenvalue weighted by Crippen LogP contribution is -2.51. The van der Waals surface area contributed by atoms with Gasteiger partial charge in [0.1, 0.15) is 0 Å². The number of nitrogens with one attached hydrogen (secondary N) is 2. The third kappa shape index (κ3) is 3.61. The molecule has 0 aromatic heterocycles. The first kappa shape index (κ1) is 15.3. The smallest absolute Gasteiger partial charge is 0.237 e. The van der Waals surface area contributed by atoms with Crippen LogP contribution in [0.4, 0.5) is 0 Å². The molecular formula is C18H32N2O. The predicted octanol–water partition coefficient (Wildman–Crippen LogP) is 3.24. The summed E-state index contributed by atoms with van der Waals surface area (Å²) >= 11 is 0. The first-order valence-electron chi connectivity index (χ1n) is 9.20. The summed E-state index contributed by atoms with van der Waals surface area (Å²) in [6.07, 6.45) is 11.9. The maximum atomic E-state index is 12.3. The molecule has 3 rings (SSSR count). The molecule has 0 saturated heterocycles. The first-order valence-corrected chi connectivity index (χ1v) is 9.20. The minimum Gasteiger partial charge on any atom is -0.352 e. The zero-order chi connectivity index (χ0) is 14.8. The van der Waals surface area contributed by atoms with Crippen molar-refractivity contribution >= 4 is 5.91 Å². The molecule has 0 radical (unpaired) electrons. The Kier molecular flexibility index (Phi) is 4.88. The second-order valence-corrected chi connectivity index (χ2v) is 7.86. The van der Waals surface area contributed by atoms with Crippen LogP contribution in [-0.2, 0) is 4.79 Å². The molecule has 3 aliphatic carbocycles. The van der Waals surface area contributed by atoms with Gasteiger partial charge >= 0.3 is 0 Å². The number of amides is 1. The van der Waals surface area contributed by atoms with Gasteiger partial charge in [-0.3, -0.25) is 4.79 Å². The summed E-state index contributed by atoms with van der Waals surface area (Å²) in [6, 6.07) is 0.849. The monoisotopic (exact) mass is 292 g/mol. The van der Waals surface area contributed by atoms with E-state index in [9.17, 15) is 4.79 Å². The van der Waals surface area contributed by atoms with Gasteiger partial charge in [-0.1, -0.05) is 25.7 Å². The van der Waals surface area contributed by atoms with Gasteiger partial charge in [-0.25, -0.2) is 0 Å². The average molecular weight is 292 g/mol. The fraction of sp³-hybridized carbons (Fsp3) is 0.944. The lowest BCUT2D eigenvalue weighted by atomic mass is 9.83. The molecule has 0 spiro atoms. The van der Waals surface area contributed by atoms with E-state index in [4.69, 9.17) is 0 Å². The van der Waals surface area contributed by atoms with Gasteiger partial charge in [-0.2, -0.15) is 0 Å². The van der Waals surface area contributed by atoms with E-state index >= 15 is 0 Å². The Hall–Kier alpha value is -0.570. The van der Waals surface area contributed by atoms with Gasteiger partial charge in [-0.15, -0.1) is 0 Å². The highest BCUT2D eigenvalue weighted by molar-refractivity contribution is 5.81. The lowest BCUT2D eigenvalue weighted by molar-refractivity contribution is -0.124. The highest BCUT2D eigenvalue weighted by atomic mass is 16.2. The van der Waals surface area contributed by atoms with Crippen molar-refractivity contribution < 1.29 is 4.79 Å². The molecule has 3 saturated carbocycles. The van der Waals surface area contributed by atoms with Crippen molar-refractivity contribution in [2.24, 2.45) is 17.8 Å². The normalized spacial score (nSPS) is 35.6.